The molecule has 0 radical (unpaired) electrons. The van der Waals surface area contributed by atoms with E-state index in [1.165, 1.54) is 55.2 Å². The summed E-state index contributed by atoms with van der Waals surface area (Å²) in [6.07, 6.45) is 3.19. The van der Waals surface area contributed by atoms with Gasteiger partial charge in [0.05, 0.1) is 5.56 Å². The van der Waals surface area contributed by atoms with Crippen LogP contribution in [0.4, 0.5) is 4.39 Å². The Hall–Kier alpha value is -2.96. The van der Waals surface area contributed by atoms with Crippen LogP contribution < -0.4 is 11.2 Å². The number of rotatable bonds is 4. The fraction of sp³-hybridized carbons (Fsp3) is 0.235. The van der Waals surface area contributed by atoms with Gasteiger partial charge in [0.25, 0.3) is 5.56 Å². The Morgan fingerprint density at radius 3 is 2.46 bits per heavy atom. The lowest BCUT2D eigenvalue weighted by molar-refractivity contribution is -0.142. The molecule has 0 bridgehead atoms. The molecule has 0 saturated carbocycles. The summed E-state index contributed by atoms with van der Waals surface area (Å²) in [6.45, 7) is 1.66. The SMILES string of the molecule is CC(OC(=O)/C=C/c1cn(C)c(=O)n(C)c1=O)c1ccc(F)cc1. The standard InChI is InChI=1S/C17H17FN2O4/c1-11(12-4-7-14(18)8-5-12)24-15(21)9-6-13-10-19(2)17(23)20(3)16(13)22/h4-11H,1-3H3/b9-6+. The molecule has 0 N–H and O–H groups in total. The molecule has 1 unspecified atom stereocenters. The van der Waals surface area contributed by atoms with Gasteiger partial charge < -0.3 is 9.30 Å². The zero-order valence-electron chi connectivity index (χ0n) is 13.5. The molecule has 0 aliphatic carbocycles. The van der Waals surface area contributed by atoms with E-state index in [0.29, 0.717) is 5.56 Å². The monoisotopic (exact) mass is 332 g/mol. The number of benzene rings is 1. The first-order chi connectivity index (χ1) is 11.3. The van der Waals surface area contributed by atoms with Crippen molar-refractivity contribution in [2.75, 3.05) is 0 Å². The topological polar surface area (TPSA) is 70.3 Å². The molecular formula is C17H17FN2O4. The average Bonchev–Trinajstić information content (AvgIpc) is 2.55. The third-order valence-corrected chi connectivity index (χ3v) is 3.50. The van der Waals surface area contributed by atoms with E-state index in [1.807, 2.05) is 0 Å². The molecule has 0 spiro atoms. The van der Waals surface area contributed by atoms with Crippen molar-refractivity contribution >= 4 is 12.0 Å². The Morgan fingerprint density at radius 1 is 1.21 bits per heavy atom. The predicted molar refractivity (Wildman–Crippen MR) is 86.9 cm³/mol. The normalized spacial score (nSPS) is 12.3. The molecule has 1 heterocycles. The van der Waals surface area contributed by atoms with E-state index in [4.69, 9.17) is 4.74 Å². The number of halogens is 1. The molecule has 2 aromatic rings. The van der Waals surface area contributed by atoms with E-state index in [-0.39, 0.29) is 11.4 Å². The van der Waals surface area contributed by atoms with Crippen molar-refractivity contribution < 1.29 is 13.9 Å². The molecule has 0 amide bonds. The van der Waals surface area contributed by atoms with Gasteiger partial charge in [-0.25, -0.2) is 14.0 Å². The highest BCUT2D eigenvalue weighted by Gasteiger charge is 2.10. The maximum absolute atomic E-state index is 12.9. The lowest BCUT2D eigenvalue weighted by Crippen LogP contribution is -2.37. The van der Waals surface area contributed by atoms with E-state index in [9.17, 15) is 18.8 Å². The van der Waals surface area contributed by atoms with Crippen LogP contribution in [0, 0.1) is 5.82 Å². The van der Waals surface area contributed by atoms with Crippen molar-refractivity contribution in [2.45, 2.75) is 13.0 Å². The van der Waals surface area contributed by atoms with Crippen LogP contribution in [0.25, 0.3) is 6.08 Å². The molecule has 0 aliphatic heterocycles. The third kappa shape index (κ3) is 3.87. The van der Waals surface area contributed by atoms with Gasteiger partial charge >= 0.3 is 11.7 Å². The van der Waals surface area contributed by atoms with Crippen LogP contribution in [0.2, 0.25) is 0 Å². The van der Waals surface area contributed by atoms with E-state index in [0.717, 1.165) is 10.6 Å². The number of hydrogen-bond donors (Lipinski definition) is 0. The van der Waals surface area contributed by atoms with Gasteiger partial charge in [-0.05, 0) is 30.7 Å². The van der Waals surface area contributed by atoms with Crippen LogP contribution >= 0.6 is 0 Å². The first-order valence-corrected chi connectivity index (χ1v) is 7.20. The first kappa shape index (κ1) is 17.4. The second kappa shape index (κ2) is 7.08. The molecule has 24 heavy (non-hydrogen) atoms. The summed E-state index contributed by atoms with van der Waals surface area (Å²) in [5.41, 5.74) is -0.124. The fourth-order valence-corrected chi connectivity index (χ4v) is 2.12. The van der Waals surface area contributed by atoms with Crippen LogP contribution in [0.15, 0.2) is 46.1 Å². The molecular weight excluding hydrogens is 315 g/mol. The van der Waals surface area contributed by atoms with Crippen molar-refractivity contribution in [3.63, 3.8) is 0 Å². The first-order valence-electron chi connectivity index (χ1n) is 7.20. The maximum atomic E-state index is 12.9. The quantitative estimate of drug-likeness (QED) is 0.629. The van der Waals surface area contributed by atoms with Gasteiger partial charge in [-0.15, -0.1) is 0 Å². The lowest BCUT2D eigenvalue weighted by Gasteiger charge is -2.12. The number of carbonyl (C=O) groups is 1. The summed E-state index contributed by atoms with van der Waals surface area (Å²) in [5.74, 6) is -1.02. The molecule has 2 rings (SSSR count). The highest BCUT2D eigenvalue weighted by Crippen LogP contribution is 2.17. The van der Waals surface area contributed by atoms with Crippen LogP contribution in [0.1, 0.15) is 24.2 Å². The van der Waals surface area contributed by atoms with E-state index < -0.39 is 23.3 Å². The number of ether oxygens (including phenoxy) is 1. The summed E-state index contributed by atoms with van der Waals surface area (Å²) >= 11 is 0. The number of aromatic nitrogens is 2. The summed E-state index contributed by atoms with van der Waals surface area (Å²) in [6, 6.07) is 5.62. The molecule has 1 atom stereocenters. The van der Waals surface area contributed by atoms with Crippen molar-refractivity contribution in [3.8, 4) is 0 Å². The summed E-state index contributed by atoms with van der Waals surface area (Å²) in [5, 5.41) is 0. The van der Waals surface area contributed by atoms with Crippen LogP contribution in [-0.4, -0.2) is 15.1 Å². The van der Waals surface area contributed by atoms with Gasteiger partial charge in [-0.3, -0.25) is 9.36 Å². The Morgan fingerprint density at radius 2 is 1.83 bits per heavy atom. The van der Waals surface area contributed by atoms with Crippen molar-refractivity contribution in [2.24, 2.45) is 14.1 Å². The Kier molecular flexibility index (Phi) is 5.13. The molecule has 7 heteroatoms. The smallest absolute Gasteiger partial charge is 0.331 e. The number of aryl methyl sites for hydroxylation is 1. The lowest BCUT2D eigenvalue weighted by atomic mass is 10.1. The van der Waals surface area contributed by atoms with Gasteiger partial charge in [0.15, 0.2) is 0 Å². The second-order valence-electron chi connectivity index (χ2n) is 5.31. The van der Waals surface area contributed by atoms with Gasteiger partial charge in [-0.2, -0.15) is 0 Å². The number of carbonyl (C=O) groups excluding carboxylic acids is 1. The second-order valence-corrected chi connectivity index (χ2v) is 5.31. The maximum Gasteiger partial charge on any atom is 0.331 e. The molecule has 0 fully saturated rings. The summed E-state index contributed by atoms with van der Waals surface area (Å²) in [7, 11) is 2.87. The largest absolute Gasteiger partial charge is 0.455 e. The van der Waals surface area contributed by atoms with E-state index >= 15 is 0 Å². The zero-order chi connectivity index (χ0) is 17.9. The molecule has 126 valence electrons. The minimum Gasteiger partial charge on any atom is -0.455 e. The van der Waals surface area contributed by atoms with Crippen LogP contribution in [0.5, 0.6) is 0 Å². The number of esters is 1. The zero-order valence-corrected chi connectivity index (χ0v) is 13.5. The van der Waals surface area contributed by atoms with Crippen molar-refractivity contribution in [3.05, 3.63) is 74.3 Å². The highest BCUT2D eigenvalue weighted by molar-refractivity contribution is 5.87. The van der Waals surface area contributed by atoms with Crippen molar-refractivity contribution in [1.82, 2.24) is 9.13 Å². The molecule has 6 nitrogen and oxygen atoms in total. The summed E-state index contributed by atoms with van der Waals surface area (Å²) in [4.78, 5) is 35.4. The molecule has 1 aromatic carbocycles. The van der Waals surface area contributed by atoms with E-state index in [1.54, 1.807) is 6.92 Å². The molecule has 0 aliphatic rings. The minimum atomic E-state index is -0.650. The van der Waals surface area contributed by atoms with Crippen molar-refractivity contribution in [1.29, 1.82) is 0 Å². The molecule has 0 saturated heterocycles. The minimum absolute atomic E-state index is 0.186. The van der Waals surface area contributed by atoms with E-state index in [2.05, 4.69) is 0 Å². The fourth-order valence-electron chi connectivity index (χ4n) is 2.12. The number of hydrogen-bond acceptors (Lipinski definition) is 4. The average molecular weight is 332 g/mol. The number of nitrogens with zero attached hydrogens (tertiary/aromatic N) is 2. The Balaban J connectivity index is 2.12. The van der Waals surface area contributed by atoms with Gasteiger partial charge in [0, 0.05) is 26.4 Å². The summed E-state index contributed by atoms with van der Waals surface area (Å²) < 4.78 is 20.3. The van der Waals surface area contributed by atoms with Gasteiger partial charge in [-0.1, -0.05) is 12.1 Å². The Labute approximate surface area is 137 Å². The van der Waals surface area contributed by atoms with Gasteiger partial charge in [0.1, 0.15) is 11.9 Å². The van der Waals surface area contributed by atoms with Crippen LogP contribution in [-0.2, 0) is 23.6 Å². The predicted octanol–water partition coefficient (Wildman–Crippen LogP) is 1.54. The molecule has 1 aromatic heterocycles. The third-order valence-electron chi connectivity index (χ3n) is 3.50. The Bertz CT molecular complexity index is 894. The van der Waals surface area contributed by atoms with Gasteiger partial charge in [0.2, 0.25) is 0 Å². The van der Waals surface area contributed by atoms with Crippen LogP contribution in [0.3, 0.4) is 0 Å². The highest BCUT2D eigenvalue weighted by atomic mass is 19.1.